The van der Waals surface area contributed by atoms with E-state index < -0.39 is 0 Å². The molecule has 1 N–H and O–H groups in total. The summed E-state index contributed by atoms with van der Waals surface area (Å²) in [4.78, 5) is 15.9. The van der Waals surface area contributed by atoms with Gasteiger partial charge in [-0.25, -0.2) is 4.98 Å². The first kappa shape index (κ1) is 10.5. The number of rotatable bonds is 1. The molecule has 2 aromatic rings. The molecule has 3 rings (SSSR count). The van der Waals surface area contributed by atoms with Crippen molar-refractivity contribution < 1.29 is 0 Å². The SMILES string of the molecule is O=c1ccnc2ccc(C3CCCNC3)cn12. The largest absolute Gasteiger partial charge is 0.316 e. The van der Waals surface area contributed by atoms with E-state index in [-0.39, 0.29) is 5.56 Å². The monoisotopic (exact) mass is 229 g/mol. The third-order valence-electron chi connectivity index (χ3n) is 3.38. The van der Waals surface area contributed by atoms with Crippen LogP contribution in [0.4, 0.5) is 0 Å². The molecule has 88 valence electrons. The molecule has 17 heavy (non-hydrogen) atoms. The summed E-state index contributed by atoms with van der Waals surface area (Å²) in [5.41, 5.74) is 1.92. The Morgan fingerprint density at radius 2 is 2.29 bits per heavy atom. The fourth-order valence-electron chi connectivity index (χ4n) is 2.43. The van der Waals surface area contributed by atoms with E-state index in [9.17, 15) is 4.79 Å². The Bertz CT molecular complexity index is 584. The molecule has 0 spiro atoms. The minimum absolute atomic E-state index is 0.0133. The van der Waals surface area contributed by atoms with Gasteiger partial charge in [0.1, 0.15) is 5.65 Å². The van der Waals surface area contributed by atoms with E-state index in [1.165, 1.54) is 24.5 Å². The van der Waals surface area contributed by atoms with Crippen LogP contribution < -0.4 is 10.9 Å². The number of fused-ring (bicyclic) bond motifs is 1. The summed E-state index contributed by atoms with van der Waals surface area (Å²) in [5.74, 6) is 0.514. The zero-order chi connectivity index (χ0) is 11.7. The van der Waals surface area contributed by atoms with Gasteiger partial charge in [0.15, 0.2) is 0 Å². The Morgan fingerprint density at radius 1 is 1.35 bits per heavy atom. The molecule has 0 saturated carbocycles. The Hall–Kier alpha value is -1.68. The minimum Gasteiger partial charge on any atom is -0.316 e. The summed E-state index contributed by atoms with van der Waals surface area (Å²) in [7, 11) is 0. The van der Waals surface area contributed by atoms with Gasteiger partial charge < -0.3 is 5.32 Å². The standard InChI is InChI=1S/C13H15N3O/c17-13-5-7-15-12-4-3-11(9-16(12)13)10-2-1-6-14-8-10/h3-5,7,9-10,14H,1-2,6,8H2. The van der Waals surface area contributed by atoms with Crippen molar-refractivity contribution in [3.8, 4) is 0 Å². The maximum absolute atomic E-state index is 11.7. The number of hydrogen-bond donors (Lipinski definition) is 1. The maximum Gasteiger partial charge on any atom is 0.257 e. The lowest BCUT2D eigenvalue weighted by Gasteiger charge is -2.23. The molecule has 3 heterocycles. The number of hydrogen-bond acceptors (Lipinski definition) is 3. The second kappa shape index (κ2) is 4.30. The van der Waals surface area contributed by atoms with Crippen molar-refractivity contribution in [3.63, 3.8) is 0 Å². The molecule has 1 atom stereocenters. The van der Waals surface area contributed by atoms with Gasteiger partial charge in [0.05, 0.1) is 0 Å². The molecule has 1 unspecified atom stereocenters. The molecule has 1 aliphatic heterocycles. The molecular formula is C13H15N3O. The van der Waals surface area contributed by atoms with Crippen molar-refractivity contribution in [1.29, 1.82) is 0 Å². The number of nitrogens with zero attached hydrogens (tertiary/aromatic N) is 2. The molecule has 0 aliphatic carbocycles. The average molecular weight is 229 g/mol. The predicted molar refractivity (Wildman–Crippen MR) is 66.3 cm³/mol. The average Bonchev–Trinajstić information content (AvgIpc) is 2.40. The molecule has 0 bridgehead atoms. The molecule has 4 nitrogen and oxygen atoms in total. The van der Waals surface area contributed by atoms with Crippen molar-refractivity contribution in [1.82, 2.24) is 14.7 Å². The lowest BCUT2D eigenvalue weighted by molar-refractivity contribution is 0.460. The van der Waals surface area contributed by atoms with Gasteiger partial charge in [-0.1, -0.05) is 6.07 Å². The summed E-state index contributed by atoms with van der Waals surface area (Å²) in [6.45, 7) is 2.10. The normalized spacial score (nSPS) is 20.6. The smallest absolute Gasteiger partial charge is 0.257 e. The lowest BCUT2D eigenvalue weighted by Crippen LogP contribution is -2.28. The van der Waals surface area contributed by atoms with Crippen LogP contribution in [0.5, 0.6) is 0 Å². The first-order chi connectivity index (χ1) is 8.34. The van der Waals surface area contributed by atoms with E-state index in [1.807, 2.05) is 12.3 Å². The fraction of sp³-hybridized carbons (Fsp3) is 0.385. The highest BCUT2D eigenvalue weighted by Crippen LogP contribution is 2.22. The number of pyridine rings is 1. The fourth-order valence-corrected chi connectivity index (χ4v) is 2.43. The van der Waals surface area contributed by atoms with Crippen LogP contribution in [-0.4, -0.2) is 22.5 Å². The molecule has 1 saturated heterocycles. The van der Waals surface area contributed by atoms with Crippen LogP contribution in [0.25, 0.3) is 5.65 Å². The molecule has 1 aliphatic rings. The van der Waals surface area contributed by atoms with Gasteiger partial charge in [-0.2, -0.15) is 0 Å². The molecule has 0 aromatic carbocycles. The zero-order valence-corrected chi connectivity index (χ0v) is 9.60. The van der Waals surface area contributed by atoms with Crippen molar-refractivity contribution in [3.05, 3.63) is 46.5 Å². The van der Waals surface area contributed by atoms with E-state index in [1.54, 1.807) is 10.6 Å². The first-order valence-electron chi connectivity index (χ1n) is 6.02. The maximum atomic E-state index is 11.7. The van der Waals surface area contributed by atoms with Crippen LogP contribution >= 0.6 is 0 Å². The second-order valence-corrected chi connectivity index (χ2v) is 4.52. The molecule has 4 heteroatoms. The molecule has 0 radical (unpaired) electrons. The predicted octanol–water partition coefficient (Wildman–Crippen LogP) is 1.16. The van der Waals surface area contributed by atoms with Gasteiger partial charge in [0.2, 0.25) is 0 Å². The van der Waals surface area contributed by atoms with Crippen LogP contribution in [-0.2, 0) is 0 Å². The van der Waals surface area contributed by atoms with Crippen LogP contribution in [0.3, 0.4) is 0 Å². The van der Waals surface area contributed by atoms with Crippen molar-refractivity contribution in [2.45, 2.75) is 18.8 Å². The summed E-state index contributed by atoms with van der Waals surface area (Å²) in [6, 6.07) is 5.50. The summed E-state index contributed by atoms with van der Waals surface area (Å²) >= 11 is 0. The number of aromatic nitrogens is 2. The second-order valence-electron chi connectivity index (χ2n) is 4.52. The Labute approximate surface area is 99.3 Å². The third kappa shape index (κ3) is 1.96. The summed E-state index contributed by atoms with van der Waals surface area (Å²) in [6.07, 6.45) is 5.87. The molecule has 0 amide bonds. The zero-order valence-electron chi connectivity index (χ0n) is 9.60. The van der Waals surface area contributed by atoms with E-state index in [2.05, 4.69) is 16.4 Å². The highest BCUT2D eigenvalue weighted by molar-refractivity contribution is 5.39. The number of nitrogens with one attached hydrogen (secondary N) is 1. The van der Waals surface area contributed by atoms with Gasteiger partial charge in [0.25, 0.3) is 5.56 Å². The van der Waals surface area contributed by atoms with E-state index >= 15 is 0 Å². The van der Waals surface area contributed by atoms with Gasteiger partial charge in [-0.05, 0) is 36.9 Å². The van der Waals surface area contributed by atoms with E-state index in [0.29, 0.717) is 11.6 Å². The first-order valence-corrected chi connectivity index (χ1v) is 6.02. The van der Waals surface area contributed by atoms with Gasteiger partial charge in [0, 0.05) is 25.0 Å². The van der Waals surface area contributed by atoms with Crippen LogP contribution in [0.2, 0.25) is 0 Å². The van der Waals surface area contributed by atoms with Crippen LogP contribution in [0.1, 0.15) is 24.3 Å². The third-order valence-corrected chi connectivity index (χ3v) is 3.38. The van der Waals surface area contributed by atoms with Gasteiger partial charge in [-0.3, -0.25) is 9.20 Å². The minimum atomic E-state index is -0.0133. The number of piperidine rings is 1. The quantitative estimate of drug-likeness (QED) is 0.798. The van der Waals surface area contributed by atoms with Crippen molar-refractivity contribution in [2.24, 2.45) is 0 Å². The summed E-state index contributed by atoms with van der Waals surface area (Å²) < 4.78 is 1.63. The van der Waals surface area contributed by atoms with Crippen LogP contribution in [0.15, 0.2) is 35.4 Å². The van der Waals surface area contributed by atoms with Gasteiger partial charge in [-0.15, -0.1) is 0 Å². The van der Waals surface area contributed by atoms with Crippen LogP contribution in [0, 0.1) is 0 Å². The van der Waals surface area contributed by atoms with Crippen molar-refractivity contribution >= 4 is 5.65 Å². The topological polar surface area (TPSA) is 46.4 Å². The Morgan fingerprint density at radius 3 is 3.12 bits per heavy atom. The lowest BCUT2D eigenvalue weighted by atomic mass is 9.93. The Balaban J connectivity index is 2.06. The van der Waals surface area contributed by atoms with Gasteiger partial charge >= 0.3 is 0 Å². The van der Waals surface area contributed by atoms with E-state index in [4.69, 9.17) is 0 Å². The molecule has 2 aromatic heterocycles. The Kier molecular flexibility index (Phi) is 2.65. The van der Waals surface area contributed by atoms with E-state index in [0.717, 1.165) is 13.1 Å². The summed E-state index contributed by atoms with van der Waals surface area (Å²) in [5, 5.41) is 3.39. The molecular weight excluding hydrogens is 214 g/mol. The highest BCUT2D eigenvalue weighted by Gasteiger charge is 2.15. The van der Waals surface area contributed by atoms with Crippen molar-refractivity contribution in [2.75, 3.05) is 13.1 Å². The molecule has 1 fully saturated rings. The highest BCUT2D eigenvalue weighted by atomic mass is 16.1.